The van der Waals surface area contributed by atoms with E-state index in [-0.39, 0.29) is 5.92 Å². The van der Waals surface area contributed by atoms with E-state index in [1.165, 1.54) is 11.8 Å². The largest absolute Gasteiger partial charge is 0.480 e. The van der Waals surface area contributed by atoms with Crippen molar-refractivity contribution in [3.05, 3.63) is 0 Å². The summed E-state index contributed by atoms with van der Waals surface area (Å²) in [4.78, 5) is 50.6. The standard InChI is InChI=1S/C19H35N5O5/c1-11(2)15(18(27)24-10-6-8-14(24)19(28)29)23-17(26)13(7-4-5-9-20)22-16(25)12(3)21/h11-15H,4-10,20-21H2,1-3H3,(H,22,25)(H,23,26)(H,28,29). The van der Waals surface area contributed by atoms with Gasteiger partial charge in [0.25, 0.3) is 0 Å². The smallest absolute Gasteiger partial charge is 0.326 e. The average Bonchev–Trinajstić information content (AvgIpc) is 3.14. The van der Waals surface area contributed by atoms with Gasteiger partial charge in [0.05, 0.1) is 6.04 Å². The Kier molecular flexibility index (Phi) is 10.0. The van der Waals surface area contributed by atoms with Crippen molar-refractivity contribution in [2.75, 3.05) is 13.1 Å². The quantitative estimate of drug-likeness (QED) is 0.275. The van der Waals surface area contributed by atoms with Gasteiger partial charge in [0, 0.05) is 6.54 Å². The Bertz CT molecular complexity index is 596. The third kappa shape index (κ3) is 7.28. The van der Waals surface area contributed by atoms with Crippen molar-refractivity contribution in [1.29, 1.82) is 0 Å². The highest BCUT2D eigenvalue weighted by molar-refractivity contribution is 5.94. The molecule has 10 heteroatoms. The Morgan fingerprint density at radius 1 is 1.10 bits per heavy atom. The van der Waals surface area contributed by atoms with Crippen molar-refractivity contribution in [3.63, 3.8) is 0 Å². The van der Waals surface area contributed by atoms with Gasteiger partial charge in [0.2, 0.25) is 17.7 Å². The normalized spacial score (nSPS) is 19.5. The lowest BCUT2D eigenvalue weighted by molar-refractivity contribution is -0.150. The van der Waals surface area contributed by atoms with Gasteiger partial charge in [-0.2, -0.15) is 0 Å². The van der Waals surface area contributed by atoms with Crippen LogP contribution in [-0.2, 0) is 19.2 Å². The summed E-state index contributed by atoms with van der Waals surface area (Å²) in [5.41, 5.74) is 11.1. The number of carbonyl (C=O) groups is 4. The zero-order valence-corrected chi connectivity index (χ0v) is 17.5. The summed E-state index contributed by atoms with van der Waals surface area (Å²) in [6.07, 6.45) is 2.68. The van der Waals surface area contributed by atoms with Crippen LogP contribution in [0.3, 0.4) is 0 Å². The summed E-state index contributed by atoms with van der Waals surface area (Å²) < 4.78 is 0. The number of likely N-dealkylation sites (tertiary alicyclic amines) is 1. The van der Waals surface area contributed by atoms with E-state index < -0.39 is 47.9 Å². The molecule has 1 heterocycles. The number of carboxylic acids is 1. The van der Waals surface area contributed by atoms with E-state index in [9.17, 15) is 24.3 Å². The van der Waals surface area contributed by atoms with Crippen LogP contribution in [0.25, 0.3) is 0 Å². The highest BCUT2D eigenvalue weighted by Crippen LogP contribution is 2.20. The third-order valence-corrected chi connectivity index (χ3v) is 5.04. The Morgan fingerprint density at radius 2 is 1.76 bits per heavy atom. The molecule has 0 saturated carbocycles. The Balaban J connectivity index is 2.91. The van der Waals surface area contributed by atoms with E-state index in [0.29, 0.717) is 45.2 Å². The van der Waals surface area contributed by atoms with Crippen molar-refractivity contribution < 1.29 is 24.3 Å². The molecule has 1 aliphatic heterocycles. The minimum absolute atomic E-state index is 0.254. The lowest BCUT2D eigenvalue weighted by Gasteiger charge is -2.30. The summed E-state index contributed by atoms with van der Waals surface area (Å²) in [6.45, 7) is 5.88. The van der Waals surface area contributed by atoms with Crippen molar-refractivity contribution in [2.24, 2.45) is 17.4 Å². The number of nitrogens with zero attached hydrogens (tertiary/aromatic N) is 1. The SMILES string of the molecule is CC(N)C(=O)NC(CCCCN)C(=O)NC(C(=O)N1CCCC1C(=O)O)C(C)C. The number of carboxylic acid groups (broad SMARTS) is 1. The zero-order chi connectivity index (χ0) is 22.1. The summed E-state index contributed by atoms with van der Waals surface area (Å²) in [5, 5.41) is 14.7. The molecule has 3 amide bonds. The number of hydrogen-bond donors (Lipinski definition) is 5. The topological polar surface area (TPSA) is 168 Å². The molecule has 1 rings (SSSR count). The van der Waals surface area contributed by atoms with Crippen LogP contribution in [0, 0.1) is 5.92 Å². The average molecular weight is 414 g/mol. The molecular weight excluding hydrogens is 378 g/mol. The maximum atomic E-state index is 13.0. The molecule has 0 aromatic carbocycles. The fourth-order valence-electron chi connectivity index (χ4n) is 3.30. The van der Waals surface area contributed by atoms with Gasteiger partial charge in [0.1, 0.15) is 18.1 Å². The van der Waals surface area contributed by atoms with Crippen LogP contribution in [0.2, 0.25) is 0 Å². The van der Waals surface area contributed by atoms with Gasteiger partial charge in [0.15, 0.2) is 0 Å². The minimum Gasteiger partial charge on any atom is -0.480 e. The van der Waals surface area contributed by atoms with Crippen molar-refractivity contribution in [1.82, 2.24) is 15.5 Å². The second kappa shape index (κ2) is 11.7. The number of carbonyl (C=O) groups excluding carboxylic acids is 3. The molecule has 0 radical (unpaired) electrons. The van der Waals surface area contributed by atoms with Crippen LogP contribution in [0.4, 0.5) is 0 Å². The minimum atomic E-state index is -1.05. The summed E-state index contributed by atoms with van der Waals surface area (Å²) >= 11 is 0. The Hall–Kier alpha value is -2.20. The number of unbranched alkanes of at least 4 members (excludes halogenated alkanes) is 1. The van der Waals surface area contributed by atoms with E-state index in [1.54, 1.807) is 13.8 Å². The number of rotatable bonds is 11. The Labute approximate surface area is 171 Å². The first kappa shape index (κ1) is 24.8. The van der Waals surface area contributed by atoms with Gasteiger partial charge in [-0.15, -0.1) is 0 Å². The molecule has 10 nitrogen and oxygen atoms in total. The molecule has 4 atom stereocenters. The van der Waals surface area contributed by atoms with Crippen LogP contribution >= 0.6 is 0 Å². The number of aliphatic carboxylic acids is 1. The number of nitrogens with one attached hydrogen (secondary N) is 2. The van der Waals surface area contributed by atoms with E-state index in [1.807, 2.05) is 0 Å². The highest BCUT2D eigenvalue weighted by Gasteiger charge is 2.39. The Morgan fingerprint density at radius 3 is 2.28 bits per heavy atom. The predicted molar refractivity (Wildman–Crippen MR) is 108 cm³/mol. The van der Waals surface area contributed by atoms with Crippen molar-refractivity contribution in [3.8, 4) is 0 Å². The molecule has 0 aromatic rings. The maximum absolute atomic E-state index is 13.0. The van der Waals surface area contributed by atoms with Crippen LogP contribution < -0.4 is 22.1 Å². The second-order valence-electron chi connectivity index (χ2n) is 7.89. The molecule has 166 valence electrons. The zero-order valence-electron chi connectivity index (χ0n) is 17.5. The van der Waals surface area contributed by atoms with Crippen LogP contribution in [0.5, 0.6) is 0 Å². The first-order chi connectivity index (χ1) is 13.6. The van der Waals surface area contributed by atoms with Gasteiger partial charge in [-0.1, -0.05) is 13.8 Å². The third-order valence-electron chi connectivity index (χ3n) is 5.04. The van der Waals surface area contributed by atoms with Gasteiger partial charge in [-0.3, -0.25) is 14.4 Å². The summed E-state index contributed by atoms with van der Waals surface area (Å²) in [6, 6.07) is -3.38. The van der Waals surface area contributed by atoms with Crippen molar-refractivity contribution >= 4 is 23.7 Å². The van der Waals surface area contributed by atoms with Gasteiger partial charge in [-0.25, -0.2) is 4.79 Å². The fraction of sp³-hybridized carbons (Fsp3) is 0.789. The molecule has 1 aliphatic rings. The lowest BCUT2D eigenvalue weighted by Crippen LogP contribution is -2.58. The molecule has 29 heavy (non-hydrogen) atoms. The molecule has 1 fully saturated rings. The van der Waals surface area contributed by atoms with Gasteiger partial charge in [-0.05, 0) is 51.5 Å². The predicted octanol–water partition coefficient (Wildman–Crippen LogP) is -0.836. The molecule has 0 aliphatic carbocycles. The molecule has 1 saturated heterocycles. The van der Waals surface area contributed by atoms with Crippen LogP contribution in [-0.4, -0.2) is 71.0 Å². The van der Waals surface area contributed by atoms with E-state index >= 15 is 0 Å². The van der Waals surface area contributed by atoms with Gasteiger partial charge >= 0.3 is 5.97 Å². The molecule has 0 spiro atoms. The fourth-order valence-corrected chi connectivity index (χ4v) is 3.30. The molecular formula is C19H35N5O5. The molecule has 7 N–H and O–H groups in total. The molecule has 4 unspecified atom stereocenters. The number of amides is 3. The van der Waals surface area contributed by atoms with E-state index in [0.717, 1.165) is 0 Å². The molecule has 0 bridgehead atoms. The monoisotopic (exact) mass is 413 g/mol. The maximum Gasteiger partial charge on any atom is 0.326 e. The van der Waals surface area contributed by atoms with E-state index in [4.69, 9.17) is 11.5 Å². The van der Waals surface area contributed by atoms with Crippen molar-refractivity contribution in [2.45, 2.75) is 77.0 Å². The number of hydrogen-bond acceptors (Lipinski definition) is 6. The van der Waals surface area contributed by atoms with Crippen LogP contribution in [0.1, 0.15) is 52.9 Å². The second-order valence-corrected chi connectivity index (χ2v) is 7.89. The molecule has 0 aromatic heterocycles. The van der Waals surface area contributed by atoms with Crippen LogP contribution in [0.15, 0.2) is 0 Å². The van der Waals surface area contributed by atoms with Gasteiger partial charge < -0.3 is 32.1 Å². The lowest BCUT2D eigenvalue weighted by atomic mass is 10.0. The summed E-state index contributed by atoms with van der Waals surface area (Å²) in [7, 11) is 0. The highest BCUT2D eigenvalue weighted by atomic mass is 16.4. The number of nitrogens with two attached hydrogens (primary N) is 2. The summed E-state index contributed by atoms with van der Waals surface area (Å²) in [5.74, 6) is -2.67. The van der Waals surface area contributed by atoms with E-state index in [2.05, 4.69) is 10.6 Å². The first-order valence-electron chi connectivity index (χ1n) is 10.2. The first-order valence-corrected chi connectivity index (χ1v) is 10.2.